The Labute approximate surface area is 243 Å². The zero-order valence-corrected chi connectivity index (χ0v) is 24.2. The lowest BCUT2D eigenvalue weighted by molar-refractivity contribution is 0.0691. The molecule has 0 bridgehead atoms. The SMILES string of the molecule is Cc1ccc(NC(=O)c2nc(C(C)C)sc2-c2ccccc2)cc1C(=O)N1CCC(c2ccc(C(=O)O)cc2)CC1. The van der Waals surface area contributed by atoms with Crippen LogP contribution in [0, 0.1) is 6.92 Å². The quantitative estimate of drug-likeness (QED) is 0.246. The van der Waals surface area contributed by atoms with Crippen molar-refractivity contribution < 1.29 is 19.5 Å². The van der Waals surface area contributed by atoms with Gasteiger partial charge in [-0.1, -0.05) is 62.4 Å². The number of nitrogens with one attached hydrogen (secondary N) is 1. The van der Waals surface area contributed by atoms with E-state index in [0.29, 0.717) is 30.0 Å². The molecular weight excluding hydrogens is 534 g/mol. The minimum Gasteiger partial charge on any atom is -0.478 e. The number of rotatable bonds is 7. The third-order valence-electron chi connectivity index (χ3n) is 7.53. The van der Waals surface area contributed by atoms with Gasteiger partial charge in [0.1, 0.15) is 5.69 Å². The molecule has 1 aromatic heterocycles. The molecule has 1 fully saturated rings. The number of likely N-dealkylation sites (tertiary alicyclic amines) is 1. The van der Waals surface area contributed by atoms with Crippen LogP contribution in [-0.4, -0.2) is 45.9 Å². The molecule has 0 aliphatic carbocycles. The zero-order valence-electron chi connectivity index (χ0n) is 23.4. The summed E-state index contributed by atoms with van der Waals surface area (Å²) in [6.07, 6.45) is 1.61. The van der Waals surface area contributed by atoms with Gasteiger partial charge in [0.2, 0.25) is 0 Å². The van der Waals surface area contributed by atoms with Gasteiger partial charge in [-0.05, 0) is 66.6 Å². The largest absolute Gasteiger partial charge is 0.478 e. The highest BCUT2D eigenvalue weighted by Crippen LogP contribution is 2.34. The van der Waals surface area contributed by atoms with E-state index in [1.807, 2.05) is 66.4 Å². The van der Waals surface area contributed by atoms with Crippen molar-refractivity contribution in [1.29, 1.82) is 0 Å². The van der Waals surface area contributed by atoms with Crippen molar-refractivity contribution in [2.75, 3.05) is 18.4 Å². The lowest BCUT2D eigenvalue weighted by Gasteiger charge is -2.32. The molecule has 210 valence electrons. The van der Waals surface area contributed by atoms with Gasteiger partial charge in [-0.15, -0.1) is 11.3 Å². The number of carbonyl (C=O) groups is 3. The first-order valence-corrected chi connectivity index (χ1v) is 14.6. The number of hydrogen-bond donors (Lipinski definition) is 2. The van der Waals surface area contributed by atoms with Gasteiger partial charge in [0.15, 0.2) is 0 Å². The Kier molecular flexibility index (Phi) is 8.31. The topological polar surface area (TPSA) is 99.6 Å². The number of amides is 2. The number of benzene rings is 3. The van der Waals surface area contributed by atoms with E-state index >= 15 is 0 Å². The van der Waals surface area contributed by atoms with Crippen molar-refractivity contribution in [3.63, 3.8) is 0 Å². The molecule has 1 aliphatic heterocycles. The van der Waals surface area contributed by atoms with E-state index < -0.39 is 5.97 Å². The highest BCUT2D eigenvalue weighted by Gasteiger charge is 2.26. The van der Waals surface area contributed by atoms with Crippen molar-refractivity contribution in [2.45, 2.75) is 45.4 Å². The lowest BCUT2D eigenvalue weighted by Crippen LogP contribution is -2.38. The van der Waals surface area contributed by atoms with Crippen molar-refractivity contribution in [1.82, 2.24) is 9.88 Å². The van der Waals surface area contributed by atoms with Gasteiger partial charge in [-0.25, -0.2) is 9.78 Å². The number of carboxylic acid groups (broad SMARTS) is 1. The molecule has 1 aliphatic rings. The smallest absolute Gasteiger partial charge is 0.335 e. The van der Waals surface area contributed by atoms with Crippen molar-refractivity contribution in [3.8, 4) is 10.4 Å². The molecular formula is C33H33N3O4S. The van der Waals surface area contributed by atoms with E-state index in [0.717, 1.165) is 39.4 Å². The zero-order chi connectivity index (χ0) is 29.1. The molecule has 2 amide bonds. The molecule has 0 spiro atoms. The Balaban J connectivity index is 1.29. The summed E-state index contributed by atoms with van der Waals surface area (Å²) in [4.78, 5) is 45.5. The van der Waals surface area contributed by atoms with Crippen molar-refractivity contribution in [2.24, 2.45) is 0 Å². The highest BCUT2D eigenvalue weighted by atomic mass is 32.1. The van der Waals surface area contributed by atoms with E-state index in [9.17, 15) is 14.4 Å². The van der Waals surface area contributed by atoms with Crippen LogP contribution in [0.3, 0.4) is 0 Å². The molecule has 2 heterocycles. The minimum absolute atomic E-state index is 0.0565. The number of aryl methyl sites for hydroxylation is 1. The molecule has 7 nitrogen and oxygen atoms in total. The number of piperidine rings is 1. The Morgan fingerprint density at radius 1 is 0.976 bits per heavy atom. The summed E-state index contributed by atoms with van der Waals surface area (Å²) in [6.45, 7) is 7.24. The summed E-state index contributed by atoms with van der Waals surface area (Å²) >= 11 is 1.53. The maximum absolute atomic E-state index is 13.5. The molecule has 0 radical (unpaired) electrons. The Morgan fingerprint density at radius 3 is 2.29 bits per heavy atom. The summed E-state index contributed by atoms with van der Waals surface area (Å²) in [5, 5.41) is 13.0. The summed E-state index contributed by atoms with van der Waals surface area (Å²) in [5.74, 6) is -0.820. The molecule has 8 heteroatoms. The van der Waals surface area contributed by atoms with Gasteiger partial charge < -0.3 is 15.3 Å². The van der Waals surface area contributed by atoms with Crippen LogP contribution in [-0.2, 0) is 0 Å². The Hall–Kier alpha value is -4.30. The number of anilines is 1. The first-order chi connectivity index (χ1) is 19.7. The first kappa shape index (κ1) is 28.2. The van der Waals surface area contributed by atoms with Crippen LogP contribution in [0.15, 0.2) is 72.8 Å². The maximum atomic E-state index is 13.5. The van der Waals surface area contributed by atoms with Crippen LogP contribution in [0.5, 0.6) is 0 Å². The first-order valence-electron chi connectivity index (χ1n) is 13.8. The van der Waals surface area contributed by atoms with E-state index in [1.165, 1.54) is 11.3 Å². The molecule has 41 heavy (non-hydrogen) atoms. The highest BCUT2D eigenvalue weighted by molar-refractivity contribution is 7.15. The van der Waals surface area contributed by atoms with E-state index in [2.05, 4.69) is 24.1 Å². The maximum Gasteiger partial charge on any atom is 0.335 e. The molecule has 2 N–H and O–H groups in total. The normalized spacial score (nSPS) is 13.8. The van der Waals surface area contributed by atoms with E-state index in [-0.39, 0.29) is 29.2 Å². The molecule has 0 saturated carbocycles. The molecule has 0 unspecified atom stereocenters. The number of carbonyl (C=O) groups excluding carboxylic acids is 2. The summed E-state index contributed by atoms with van der Waals surface area (Å²) in [5.41, 5.74) is 4.67. The van der Waals surface area contributed by atoms with Gasteiger partial charge >= 0.3 is 5.97 Å². The summed E-state index contributed by atoms with van der Waals surface area (Å²) in [6, 6.07) is 22.2. The fraction of sp³-hybridized carbons (Fsp3) is 0.273. The second-order valence-electron chi connectivity index (χ2n) is 10.7. The summed E-state index contributed by atoms with van der Waals surface area (Å²) < 4.78 is 0. The van der Waals surface area contributed by atoms with Gasteiger partial charge in [-0.2, -0.15) is 0 Å². The standard InChI is InChI=1S/C33H33N3O4S/c1-20(2)31-35-28(29(41-31)24-7-5-4-6-8-24)30(37)34-26-14-9-21(3)27(19-26)32(38)36-17-15-23(16-18-36)22-10-12-25(13-11-22)33(39)40/h4-14,19-20,23H,15-18H2,1-3H3,(H,34,37)(H,39,40). The third-order valence-corrected chi connectivity index (χ3v) is 8.93. The molecule has 1 saturated heterocycles. The van der Waals surface area contributed by atoms with Crippen molar-refractivity contribution in [3.05, 3.63) is 106 Å². The average Bonchev–Trinajstić information content (AvgIpc) is 3.45. The van der Waals surface area contributed by atoms with Gasteiger partial charge in [0.05, 0.1) is 15.4 Å². The lowest BCUT2D eigenvalue weighted by atomic mass is 9.88. The number of thiazole rings is 1. The second-order valence-corrected chi connectivity index (χ2v) is 11.8. The number of aromatic carboxylic acids is 1. The molecule has 0 atom stereocenters. The fourth-order valence-corrected chi connectivity index (χ4v) is 6.20. The fourth-order valence-electron chi connectivity index (χ4n) is 5.13. The van der Waals surface area contributed by atoms with Gasteiger partial charge in [0, 0.05) is 30.3 Å². The number of aromatic nitrogens is 1. The molecule has 5 rings (SSSR count). The monoisotopic (exact) mass is 567 g/mol. The number of carboxylic acids is 1. The predicted octanol–water partition coefficient (Wildman–Crippen LogP) is 7.21. The number of nitrogens with zero attached hydrogens (tertiary/aromatic N) is 2. The average molecular weight is 568 g/mol. The van der Waals surface area contributed by atoms with Crippen molar-refractivity contribution >= 4 is 34.8 Å². The van der Waals surface area contributed by atoms with Crippen LogP contribution in [0.4, 0.5) is 5.69 Å². The third kappa shape index (κ3) is 6.23. The Bertz CT molecular complexity index is 1570. The number of hydrogen-bond acceptors (Lipinski definition) is 5. The van der Waals surface area contributed by atoms with E-state index in [1.54, 1.807) is 18.2 Å². The van der Waals surface area contributed by atoms with Crippen LogP contribution in [0.1, 0.15) is 85.9 Å². The van der Waals surface area contributed by atoms with Gasteiger partial charge in [0.25, 0.3) is 11.8 Å². The Morgan fingerprint density at radius 2 is 1.66 bits per heavy atom. The van der Waals surface area contributed by atoms with Crippen LogP contribution >= 0.6 is 11.3 Å². The van der Waals surface area contributed by atoms with Crippen LogP contribution < -0.4 is 5.32 Å². The second kappa shape index (κ2) is 12.1. The van der Waals surface area contributed by atoms with Gasteiger partial charge in [-0.3, -0.25) is 9.59 Å². The predicted molar refractivity (Wildman–Crippen MR) is 162 cm³/mol. The summed E-state index contributed by atoms with van der Waals surface area (Å²) in [7, 11) is 0. The molecule has 4 aromatic rings. The van der Waals surface area contributed by atoms with Crippen LogP contribution in [0.2, 0.25) is 0 Å². The minimum atomic E-state index is -0.936. The van der Waals surface area contributed by atoms with E-state index in [4.69, 9.17) is 5.11 Å². The van der Waals surface area contributed by atoms with Crippen LogP contribution in [0.25, 0.3) is 10.4 Å². The molecule has 3 aromatic carbocycles.